The summed E-state index contributed by atoms with van der Waals surface area (Å²) in [5, 5.41) is 2.51. The van der Waals surface area contributed by atoms with Crippen molar-refractivity contribution in [3.63, 3.8) is 0 Å². The molecular weight excluding hydrogens is 208 g/mol. The van der Waals surface area contributed by atoms with Crippen molar-refractivity contribution in [1.29, 1.82) is 0 Å². The average Bonchev–Trinajstić information content (AvgIpc) is 2.27. The first kappa shape index (κ1) is 12.0. The molecule has 3 N–H and O–H groups in total. The minimum absolute atomic E-state index is 0.356. The number of anilines is 1. The van der Waals surface area contributed by atoms with Crippen LogP contribution in [-0.4, -0.2) is 25.0 Å². The summed E-state index contributed by atoms with van der Waals surface area (Å²) >= 11 is 0. The Kier molecular flexibility index (Phi) is 3.88. The van der Waals surface area contributed by atoms with Crippen molar-refractivity contribution in [2.75, 3.05) is 12.8 Å². The van der Waals surface area contributed by atoms with Gasteiger partial charge in [0.1, 0.15) is 6.04 Å². The number of carbonyl (C=O) groups is 2. The van der Waals surface area contributed by atoms with Gasteiger partial charge in [0, 0.05) is 11.3 Å². The smallest absolute Gasteiger partial charge is 0.328 e. The highest BCUT2D eigenvalue weighted by Gasteiger charge is 2.16. The van der Waals surface area contributed by atoms with E-state index in [0.717, 1.165) is 0 Å². The van der Waals surface area contributed by atoms with Crippen molar-refractivity contribution >= 4 is 17.6 Å². The lowest BCUT2D eigenvalue weighted by Crippen LogP contribution is -2.39. The molecule has 0 aliphatic heterocycles. The molecule has 5 heteroatoms. The largest absolute Gasteiger partial charge is 0.467 e. The lowest BCUT2D eigenvalue weighted by molar-refractivity contribution is -0.142. The number of amides is 1. The summed E-state index contributed by atoms with van der Waals surface area (Å²) < 4.78 is 4.49. The molecule has 0 saturated heterocycles. The van der Waals surface area contributed by atoms with Crippen LogP contribution in [0.1, 0.15) is 17.3 Å². The number of esters is 1. The molecule has 0 aliphatic carbocycles. The van der Waals surface area contributed by atoms with E-state index in [1.165, 1.54) is 7.11 Å². The number of ether oxygens (including phenoxy) is 1. The van der Waals surface area contributed by atoms with Gasteiger partial charge in [-0.1, -0.05) is 6.07 Å². The SMILES string of the molecule is COC(=O)[C@@H](C)NC(=O)c1cccc(N)c1. The first-order valence-electron chi connectivity index (χ1n) is 4.79. The van der Waals surface area contributed by atoms with Crippen LogP contribution in [0.2, 0.25) is 0 Å². The van der Waals surface area contributed by atoms with Crippen LogP contribution in [0, 0.1) is 0 Å². The van der Waals surface area contributed by atoms with Gasteiger partial charge in [0.05, 0.1) is 7.11 Å². The summed E-state index contributed by atoms with van der Waals surface area (Å²) in [6.45, 7) is 1.55. The van der Waals surface area contributed by atoms with Gasteiger partial charge in [-0.2, -0.15) is 0 Å². The number of hydrogen-bond acceptors (Lipinski definition) is 4. The maximum Gasteiger partial charge on any atom is 0.328 e. The molecule has 0 aromatic heterocycles. The minimum atomic E-state index is -0.682. The Morgan fingerprint density at radius 3 is 2.69 bits per heavy atom. The summed E-state index contributed by atoms with van der Waals surface area (Å²) in [5.41, 5.74) is 6.45. The van der Waals surface area contributed by atoms with E-state index in [9.17, 15) is 9.59 Å². The molecule has 1 aromatic rings. The van der Waals surface area contributed by atoms with Gasteiger partial charge < -0.3 is 15.8 Å². The Labute approximate surface area is 93.6 Å². The quantitative estimate of drug-likeness (QED) is 0.578. The predicted molar refractivity (Wildman–Crippen MR) is 59.8 cm³/mol. The van der Waals surface area contributed by atoms with Crippen molar-refractivity contribution < 1.29 is 14.3 Å². The van der Waals surface area contributed by atoms with E-state index in [1.54, 1.807) is 31.2 Å². The average molecular weight is 222 g/mol. The third-order valence-corrected chi connectivity index (χ3v) is 2.05. The van der Waals surface area contributed by atoms with Crippen LogP contribution in [0.15, 0.2) is 24.3 Å². The lowest BCUT2D eigenvalue weighted by Gasteiger charge is -2.11. The van der Waals surface area contributed by atoms with Crippen molar-refractivity contribution in [3.05, 3.63) is 29.8 Å². The molecule has 1 aromatic carbocycles. The lowest BCUT2D eigenvalue weighted by atomic mass is 10.2. The standard InChI is InChI=1S/C11H14N2O3/c1-7(11(15)16-2)13-10(14)8-4-3-5-9(12)6-8/h3-7H,12H2,1-2H3,(H,13,14)/t7-/m1/s1. The Morgan fingerprint density at radius 2 is 2.12 bits per heavy atom. The van der Waals surface area contributed by atoms with Crippen LogP contribution in [0.5, 0.6) is 0 Å². The monoisotopic (exact) mass is 222 g/mol. The van der Waals surface area contributed by atoms with E-state index in [-0.39, 0.29) is 5.91 Å². The molecule has 0 radical (unpaired) electrons. The highest BCUT2D eigenvalue weighted by atomic mass is 16.5. The molecular formula is C11H14N2O3. The first-order chi connectivity index (χ1) is 7.54. The molecule has 0 bridgehead atoms. The molecule has 86 valence electrons. The maximum atomic E-state index is 11.7. The van der Waals surface area contributed by atoms with Crippen LogP contribution in [0.25, 0.3) is 0 Å². The van der Waals surface area contributed by atoms with Crippen LogP contribution in [0.3, 0.4) is 0 Å². The number of benzene rings is 1. The van der Waals surface area contributed by atoms with Gasteiger partial charge in [-0.05, 0) is 25.1 Å². The highest BCUT2D eigenvalue weighted by Crippen LogP contribution is 2.06. The topological polar surface area (TPSA) is 81.4 Å². The predicted octanol–water partition coefficient (Wildman–Crippen LogP) is 0.560. The fraction of sp³-hybridized carbons (Fsp3) is 0.273. The Hall–Kier alpha value is -2.04. The van der Waals surface area contributed by atoms with Crippen molar-refractivity contribution in [1.82, 2.24) is 5.32 Å². The Morgan fingerprint density at radius 1 is 1.44 bits per heavy atom. The van der Waals surface area contributed by atoms with E-state index in [0.29, 0.717) is 11.3 Å². The molecule has 1 amide bonds. The number of carbonyl (C=O) groups excluding carboxylic acids is 2. The molecule has 0 aliphatic rings. The minimum Gasteiger partial charge on any atom is -0.467 e. The molecule has 1 rings (SSSR count). The zero-order valence-corrected chi connectivity index (χ0v) is 9.19. The number of nitrogen functional groups attached to an aromatic ring is 1. The Bertz CT molecular complexity index is 404. The number of nitrogens with one attached hydrogen (secondary N) is 1. The molecule has 5 nitrogen and oxygen atoms in total. The van der Waals surface area contributed by atoms with Gasteiger partial charge >= 0.3 is 5.97 Å². The van der Waals surface area contributed by atoms with Gasteiger partial charge in [0.2, 0.25) is 0 Å². The van der Waals surface area contributed by atoms with Crippen molar-refractivity contribution in [2.24, 2.45) is 0 Å². The number of methoxy groups -OCH3 is 1. The molecule has 0 spiro atoms. The summed E-state index contributed by atoms with van der Waals surface area (Å²) in [6.07, 6.45) is 0. The van der Waals surface area contributed by atoms with Crippen molar-refractivity contribution in [3.8, 4) is 0 Å². The molecule has 1 atom stereocenters. The number of nitrogens with two attached hydrogens (primary N) is 1. The van der Waals surface area contributed by atoms with E-state index < -0.39 is 12.0 Å². The van der Waals surface area contributed by atoms with E-state index in [1.807, 2.05) is 0 Å². The van der Waals surface area contributed by atoms with Gasteiger partial charge in [-0.25, -0.2) is 4.79 Å². The van der Waals surface area contributed by atoms with Gasteiger partial charge in [-0.3, -0.25) is 4.79 Å². The van der Waals surface area contributed by atoms with E-state index in [2.05, 4.69) is 10.1 Å². The second-order valence-electron chi connectivity index (χ2n) is 3.34. The van der Waals surface area contributed by atoms with Crippen LogP contribution < -0.4 is 11.1 Å². The summed E-state index contributed by atoms with van der Waals surface area (Å²) in [5.74, 6) is -0.845. The fourth-order valence-corrected chi connectivity index (χ4v) is 1.20. The second kappa shape index (κ2) is 5.16. The van der Waals surface area contributed by atoms with Gasteiger partial charge in [0.15, 0.2) is 0 Å². The van der Waals surface area contributed by atoms with Gasteiger partial charge in [0.25, 0.3) is 5.91 Å². The zero-order valence-electron chi connectivity index (χ0n) is 9.19. The molecule has 0 fully saturated rings. The first-order valence-corrected chi connectivity index (χ1v) is 4.79. The van der Waals surface area contributed by atoms with Crippen LogP contribution in [-0.2, 0) is 9.53 Å². The molecule has 16 heavy (non-hydrogen) atoms. The normalized spacial score (nSPS) is 11.6. The summed E-state index contributed by atoms with van der Waals surface area (Å²) in [7, 11) is 1.27. The third-order valence-electron chi connectivity index (χ3n) is 2.05. The summed E-state index contributed by atoms with van der Waals surface area (Å²) in [4.78, 5) is 22.7. The van der Waals surface area contributed by atoms with Crippen molar-refractivity contribution in [2.45, 2.75) is 13.0 Å². The summed E-state index contributed by atoms with van der Waals surface area (Å²) in [6, 6.07) is 5.83. The van der Waals surface area contributed by atoms with E-state index in [4.69, 9.17) is 5.73 Å². The van der Waals surface area contributed by atoms with E-state index >= 15 is 0 Å². The maximum absolute atomic E-state index is 11.7. The number of hydrogen-bond donors (Lipinski definition) is 2. The van der Waals surface area contributed by atoms with Crippen LogP contribution in [0.4, 0.5) is 5.69 Å². The van der Waals surface area contributed by atoms with Crippen LogP contribution >= 0.6 is 0 Å². The molecule has 0 heterocycles. The number of rotatable bonds is 3. The van der Waals surface area contributed by atoms with Gasteiger partial charge in [-0.15, -0.1) is 0 Å². The highest BCUT2D eigenvalue weighted by molar-refractivity contribution is 5.97. The Balaban J connectivity index is 2.69. The fourth-order valence-electron chi connectivity index (χ4n) is 1.20. The second-order valence-corrected chi connectivity index (χ2v) is 3.34. The zero-order chi connectivity index (χ0) is 12.1. The third kappa shape index (κ3) is 2.98. The molecule has 0 unspecified atom stereocenters. The molecule has 0 saturated carbocycles.